The number of aliphatic hydroxyl groups is 1. The molecule has 1 N–H and O–H groups in total. The second-order valence-corrected chi connectivity index (χ2v) is 3.19. The quantitative estimate of drug-likeness (QED) is 0.734. The Labute approximate surface area is 82.8 Å². The van der Waals surface area contributed by atoms with E-state index in [1.54, 1.807) is 6.92 Å². The third-order valence-electron chi connectivity index (χ3n) is 2.05. The molecule has 0 bridgehead atoms. The lowest BCUT2D eigenvalue weighted by atomic mass is 10.1. The zero-order valence-electron chi connectivity index (χ0n) is 7.97. The molecule has 0 aliphatic carbocycles. The van der Waals surface area contributed by atoms with Gasteiger partial charge in [-0.3, -0.25) is 0 Å². The summed E-state index contributed by atoms with van der Waals surface area (Å²) in [6, 6.07) is 13.7. The van der Waals surface area contributed by atoms with Gasteiger partial charge in [0.1, 0.15) is 5.75 Å². The molecule has 2 rings (SSSR count). The maximum atomic E-state index is 9.14. The Hall–Kier alpha value is -1.54. The van der Waals surface area contributed by atoms with Crippen LogP contribution in [0.25, 0.3) is 10.8 Å². The Morgan fingerprint density at radius 2 is 1.79 bits per heavy atom. The van der Waals surface area contributed by atoms with E-state index < -0.39 is 6.29 Å². The average molecular weight is 188 g/mol. The second-order valence-electron chi connectivity index (χ2n) is 3.19. The van der Waals surface area contributed by atoms with Gasteiger partial charge in [-0.2, -0.15) is 0 Å². The average Bonchev–Trinajstić information content (AvgIpc) is 2.18. The van der Waals surface area contributed by atoms with Gasteiger partial charge in [-0.15, -0.1) is 0 Å². The van der Waals surface area contributed by atoms with Gasteiger partial charge >= 0.3 is 0 Å². The van der Waals surface area contributed by atoms with Gasteiger partial charge < -0.3 is 9.84 Å². The number of rotatable bonds is 2. The summed E-state index contributed by atoms with van der Waals surface area (Å²) < 4.78 is 5.28. The molecule has 0 heterocycles. The van der Waals surface area contributed by atoms with Crippen LogP contribution in [0.5, 0.6) is 5.75 Å². The highest BCUT2D eigenvalue weighted by Gasteiger charge is 2.02. The highest BCUT2D eigenvalue weighted by Crippen LogP contribution is 2.25. The molecule has 0 spiro atoms. The molecule has 1 atom stereocenters. The first-order valence-electron chi connectivity index (χ1n) is 4.60. The van der Waals surface area contributed by atoms with Crippen LogP contribution >= 0.6 is 0 Å². The number of hydrogen-bond acceptors (Lipinski definition) is 2. The summed E-state index contributed by atoms with van der Waals surface area (Å²) in [5, 5.41) is 11.3. The zero-order valence-corrected chi connectivity index (χ0v) is 7.97. The number of fused-ring (bicyclic) bond motifs is 1. The molecule has 2 aromatic carbocycles. The molecular formula is C12H12O2. The zero-order chi connectivity index (χ0) is 9.97. The molecule has 0 saturated carbocycles. The summed E-state index contributed by atoms with van der Waals surface area (Å²) >= 11 is 0. The molecule has 72 valence electrons. The molecule has 0 aliphatic rings. The molecule has 2 aromatic rings. The van der Waals surface area contributed by atoms with Gasteiger partial charge in [0.25, 0.3) is 0 Å². The number of aliphatic hydroxyl groups excluding tert-OH is 1. The standard InChI is InChI=1S/C12H12O2/c1-9(13)14-12-8-4-6-10-5-2-3-7-11(10)12/h2-9,13H,1H3. The van der Waals surface area contributed by atoms with Gasteiger partial charge in [-0.05, 0) is 18.4 Å². The van der Waals surface area contributed by atoms with Crippen LogP contribution in [-0.4, -0.2) is 11.4 Å². The van der Waals surface area contributed by atoms with Gasteiger partial charge in [-0.1, -0.05) is 36.4 Å². The lowest BCUT2D eigenvalue weighted by Gasteiger charge is -2.10. The molecule has 0 amide bonds. The molecule has 0 radical (unpaired) electrons. The van der Waals surface area contributed by atoms with Crippen molar-refractivity contribution in [1.29, 1.82) is 0 Å². The normalized spacial score (nSPS) is 12.7. The van der Waals surface area contributed by atoms with E-state index >= 15 is 0 Å². The second kappa shape index (κ2) is 3.68. The molecule has 0 aromatic heterocycles. The fourth-order valence-corrected chi connectivity index (χ4v) is 1.48. The summed E-state index contributed by atoms with van der Waals surface area (Å²) in [4.78, 5) is 0. The molecule has 0 fully saturated rings. The minimum absolute atomic E-state index is 0.720. The van der Waals surface area contributed by atoms with Crippen LogP contribution in [-0.2, 0) is 0 Å². The largest absolute Gasteiger partial charge is 0.465 e. The first kappa shape index (κ1) is 9.03. The van der Waals surface area contributed by atoms with Crippen LogP contribution < -0.4 is 4.74 Å². The number of hydrogen-bond donors (Lipinski definition) is 1. The fourth-order valence-electron chi connectivity index (χ4n) is 1.48. The van der Waals surface area contributed by atoms with Crippen molar-refractivity contribution in [3.8, 4) is 5.75 Å². The van der Waals surface area contributed by atoms with Gasteiger partial charge in [0, 0.05) is 5.39 Å². The predicted molar refractivity (Wildman–Crippen MR) is 56.3 cm³/mol. The Bertz CT molecular complexity index is 430. The Balaban J connectivity index is 2.53. The molecular weight excluding hydrogens is 176 g/mol. The summed E-state index contributed by atoms with van der Waals surface area (Å²) in [5.41, 5.74) is 0. The van der Waals surface area contributed by atoms with Crippen LogP contribution in [0.2, 0.25) is 0 Å². The monoisotopic (exact) mass is 188 g/mol. The van der Waals surface area contributed by atoms with Crippen molar-refractivity contribution in [2.45, 2.75) is 13.2 Å². The first-order valence-corrected chi connectivity index (χ1v) is 4.60. The van der Waals surface area contributed by atoms with E-state index in [2.05, 4.69) is 0 Å². The van der Waals surface area contributed by atoms with Gasteiger partial charge in [0.15, 0.2) is 6.29 Å². The SMILES string of the molecule is CC(O)Oc1cccc2ccccc12. The van der Waals surface area contributed by atoms with Crippen LogP contribution in [0.1, 0.15) is 6.92 Å². The van der Waals surface area contributed by atoms with Gasteiger partial charge in [-0.25, -0.2) is 0 Å². The minimum atomic E-state index is -0.777. The van der Waals surface area contributed by atoms with Gasteiger partial charge in [0.2, 0.25) is 0 Å². The Morgan fingerprint density at radius 3 is 2.57 bits per heavy atom. The van der Waals surface area contributed by atoms with Crippen LogP contribution in [0, 0.1) is 0 Å². The van der Waals surface area contributed by atoms with Crippen molar-refractivity contribution in [3.05, 3.63) is 42.5 Å². The number of ether oxygens (including phenoxy) is 1. The molecule has 0 aliphatic heterocycles. The maximum Gasteiger partial charge on any atom is 0.194 e. The van der Waals surface area contributed by atoms with Crippen LogP contribution in [0.3, 0.4) is 0 Å². The van der Waals surface area contributed by atoms with E-state index in [-0.39, 0.29) is 0 Å². The summed E-state index contributed by atoms with van der Waals surface area (Å²) in [6.07, 6.45) is -0.777. The smallest absolute Gasteiger partial charge is 0.194 e. The summed E-state index contributed by atoms with van der Waals surface area (Å²) in [5.74, 6) is 0.720. The van der Waals surface area contributed by atoms with Gasteiger partial charge in [0.05, 0.1) is 0 Å². The molecule has 1 unspecified atom stereocenters. The maximum absolute atomic E-state index is 9.14. The molecule has 0 saturated heterocycles. The van der Waals surface area contributed by atoms with Crippen molar-refractivity contribution in [3.63, 3.8) is 0 Å². The highest BCUT2D eigenvalue weighted by molar-refractivity contribution is 5.88. The summed E-state index contributed by atoms with van der Waals surface area (Å²) in [7, 11) is 0. The summed E-state index contributed by atoms with van der Waals surface area (Å²) in [6.45, 7) is 1.60. The number of benzene rings is 2. The fraction of sp³-hybridized carbons (Fsp3) is 0.167. The van der Waals surface area contributed by atoms with E-state index in [0.29, 0.717) is 0 Å². The van der Waals surface area contributed by atoms with Crippen molar-refractivity contribution >= 4 is 10.8 Å². The third kappa shape index (κ3) is 1.70. The van der Waals surface area contributed by atoms with E-state index in [0.717, 1.165) is 16.5 Å². The van der Waals surface area contributed by atoms with Crippen molar-refractivity contribution in [2.24, 2.45) is 0 Å². The predicted octanol–water partition coefficient (Wildman–Crippen LogP) is 2.56. The van der Waals surface area contributed by atoms with E-state index in [1.165, 1.54) is 0 Å². The molecule has 14 heavy (non-hydrogen) atoms. The lowest BCUT2D eigenvalue weighted by molar-refractivity contribution is 0.000877. The Kier molecular flexibility index (Phi) is 2.37. The van der Waals surface area contributed by atoms with Crippen molar-refractivity contribution in [1.82, 2.24) is 0 Å². The van der Waals surface area contributed by atoms with Crippen molar-refractivity contribution in [2.75, 3.05) is 0 Å². The lowest BCUT2D eigenvalue weighted by Crippen LogP contribution is -2.09. The third-order valence-corrected chi connectivity index (χ3v) is 2.05. The molecule has 2 heteroatoms. The minimum Gasteiger partial charge on any atom is -0.465 e. The molecule has 2 nitrogen and oxygen atoms in total. The van der Waals surface area contributed by atoms with E-state index in [9.17, 15) is 0 Å². The Morgan fingerprint density at radius 1 is 1.07 bits per heavy atom. The highest BCUT2D eigenvalue weighted by atomic mass is 16.6. The van der Waals surface area contributed by atoms with Crippen LogP contribution in [0.15, 0.2) is 42.5 Å². The van der Waals surface area contributed by atoms with Crippen molar-refractivity contribution < 1.29 is 9.84 Å². The van der Waals surface area contributed by atoms with E-state index in [1.807, 2.05) is 42.5 Å². The topological polar surface area (TPSA) is 29.5 Å². The van der Waals surface area contributed by atoms with Crippen LogP contribution in [0.4, 0.5) is 0 Å². The van der Waals surface area contributed by atoms with E-state index in [4.69, 9.17) is 9.84 Å². The first-order chi connectivity index (χ1) is 6.77.